The highest BCUT2D eigenvalue weighted by Gasteiger charge is 2.13. The number of aryl methyl sites for hydroxylation is 2. The van der Waals surface area contributed by atoms with Crippen molar-refractivity contribution in [2.45, 2.75) is 20.3 Å². The topological polar surface area (TPSA) is 36.1 Å². The molecule has 0 saturated heterocycles. The molecule has 94 valence electrons. The highest BCUT2D eigenvalue weighted by atomic mass is 16.2. The van der Waals surface area contributed by atoms with Gasteiger partial charge in [0.05, 0.1) is 6.42 Å². The summed E-state index contributed by atoms with van der Waals surface area (Å²) in [4.78, 5) is 17.1. The molecule has 1 amide bonds. The number of anilines is 1. The average molecular weight is 242 g/mol. The van der Waals surface area contributed by atoms with Gasteiger partial charge in [-0.25, -0.2) is 0 Å². The number of hydrogen-bond acceptors (Lipinski definition) is 1. The number of likely N-dealkylation sites (N-methyl/N-ethyl adjacent to an activating group) is 1. The predicted octanol–water partition coefficient (Wildman–Crippen LogP) is 2.84. The molecular formula is C15H18N2O. The summed E-state index contributed by atoms with van der Waals surface area (Å²) in [5.41, 5.74) is 4.16. The van der Waals surface area contributed by atoms with Crippen LogP contribution >= 0.6 is 0 Å². The normalized spacial score (nSPS) is 10.4. The molecule has 1 aromatic heterocycles. The molecule has 0 atom stereocenters. The number of nitrogens with one attached hydrogen (secondary N) is 1. The number of carbonyl (C=O) groups excluding carboxylic acids is 1. The summed E-state index contributed by atoms with van der Waals surface area (Å²) in [7, 11) is 1.81. The third-order valence-electron chi connectivity index (χ3n) is 3.12. The Morgan fingerprint density at radius 3 is 2.44 bits per heavy atom. The minimum absolute atomic E-state index is 0.100. The zero-order chi connectivity index (χ0) is 13.1. The average Bonchev–Trinajstić information content (AvgIpc) is 2.68. The van der Waals surface area contributed by atoms with Gasteiger partial charge in [-0.05, 0) is 37.6 Å². The first-order valence-electron chi connectivity index (χ1n) is 6.04. The van der Waals surface area contributed by atoms with E-state index >= 15 is 0 Å². The quantitative estimate of drug-likeness (QED) is 0.882. The molecule has 1 aromatic carbocycles. The number of amides is 1. The van der Waals surface area contributed by atoms with Crippen LogP contribution in [0.15, 0.2) is 36.4 Å². The highest BCUT2D eigenvalue weighted by molar-refractivity contribution is 5.94. The highest BCUT2D eigenvalue weighted by Crippen LogP contribution is 2.15. The van der Waals surface area contributed by atoms with Gasteiger partial charge in [0, 0.05) is 24.1 Å². The van der Waals surface area contributed by atoms with Crippen LogP contribution < -0.4 is 4.90 Å². The first-order valence-corrected chi connectivity index (χ1v) is 6.04. The SMILES string of the molecule is Cc1cc(CC(=O)N(C)c2ccccc2)c(C)[nH]1. The third kappa shape index (κ3) is 2.62. The summed E-state index contributed by atoms with van der Waals surface area (Å²) in [6.07, 6.45) is 0.432. The van der Waals surface area contributed by atoms with E-state index in [4.69, 9.17) is 0 Å². The lowest BCUT2D eigenvalue weighted by atomic mass is 10.1. The second-order valence-electron chi connectivity index (χ2n) is 4.57. The van der Waals surface area contributed by atoms with E-state index in [0.29, 0.717) is 6.42 Å². The van der Waals surface area contributed by atoms with Gasteiger partial charge in [-0.3, -0.25) is 4.79 Å². The van der Waals surface area contributed by atoms with Gasteiger partial charge in [0.15, 0.2) is 0 Å². The van der Waals surface area contributed by atoms with E-state index in [1.807, 2.05) is 57.3 Å². The summed E-state index contributed by atoms with van der Waals surface area (Å²) in [6.45, 7) is 4.00. The minimum atomic E-state index is 0.100. The van der Waals surface area contributed by atoms with Crippen molar-refractivity contribution in [3.05, 3.63) is 53.3 Å². The van der Waals surface area contributed by atoms with E-state index in [0.717, 1.165) is 22.6 Å². The number of benzene rings is 1. The number of nitrogens with zero attached hydrogens (tertiary/aromatic N) is 1. The summed E-state index contributed by atoms with van der Waals surface area (Å²) in [5, 5.41) is 0. The van der Waals surface area contributed by atoms with E-state index in [-0.39, 0.29) is 5.91 Å². The maximum Gasteiger partial charge on any atom is 0.231 e. The Hall–Kier alpha value is -2.03. The minimum Gasteiger partial charge on any atom is -0.362 e. The molecule has 0 radical (unpaired) electrons. The van der Waals surface area contributed by atoms with Crippen LogP contribution in [0.5, 0.6) is 0 Å². The molecular weight excluding hydrogens is 224 g/mol. The van der Waals surface area contributed by atoms with Gasteiger partial charge in [0.1, 0.15) is 0 Å². The Kier molecular flexibility index (Phi) is 3.51. The fourth-order valence-electron chi connectivity index (χ4n) is 2.04. The van der Waals surface area contributed by atoms with Crippen molar-refractivity contribution in [3.63, 3.8) is 0 Å². The zero-order valence-electron chi connectivity index (χ0n) is 11.0. The van der Waals surface area contributed by atoms with E-state index in [1.54, 1.807) is 4.90 Å². The molecule has 2 rings (SSSR count). The molecule has 0 saturated carbocycles. The number of carbonyl (C=O) groups is 1. The van der Waals surface area contributed by atoms with Crippen LogP contribution in [-0.4, -0.2) is 17.9 Å². The maximum atomic E-state index is 12.2. The van der Waals surface area contributed by atoms with E-state index in [9.17, 15) is 4.79 Å². The lowest BCUT2D eigenvalue weighted by molar-refractivity contribution is -0.117. The molecule has 0 unspecified atom stereocenters. The maximum absolute atomic E-state index is 12.2. The Bertz CT molecular complexity index is 543. The molecule has 1 heterocycles. The largest absolute Gasteiger partial charge is 0.362 e. The van der Waals surface area contributed by atoms with Gasteiger partial charge < -0.3 is 9.88 Å². The Morgan fingerprint density at radius 1 is 1.22 bits per heavy atom. The van der Waals surface area contributed by atoms with Crippen molar-refractivity contribution in [3.8, 4) is 0 Å². The fraction of sp³-hybridized carbons (Fsp3) is 0.267. The summed E-state index contributed by atoms with van der Waals surface area (Å²) in [6, 6.07) is 11.7. The summed E-state index contributed by atoms with van der Waals surface area (Å²) in [5.74, 6) is 0.100. The molecule has 0 spiro atoms. The number of aromatic amines is 1. The van der Waals surface area contributed by atoms with Gasteiger partial charge in [0.2, 0.25) is 5.91 Å². The van der Waals surface area contributed by atoms with Gasteiger partial charge in [-0.1, -0.05) is 18.2 Å². The first-order chi connectivity index (χ1) is 8.58. The van der Waals surface area contributed by atoms with Crippen LogP contribution in [0.2, 0.25) is 0 Å². The van der Waals surface area contributed by atoms with Crippen LogP contribution in [0, 0.1) is 13.8 Å². The van der Waals surface area contributed by atoms with Crippen LogP contribution in [-0.2, 0) is 11.2 Å². The van der Waals surface area contributed by atoms with Crippen LogP contribution in [0.1, 0.15) is 17.0 Å². The number of aromatic nitrogens is 1. The second-order valence-corrected chi connectivity index (χ2v) is 4.57. The van der Waals surface area contributed by atoms with Gasteiger partial charge >= 0.3 is 0 Å². The summed E-state index contributed by atoms with van der Waals surface area (Å²) < 4.78 is 0. The molecule has 1 N–H and O–H groups in total. The molecule has 2 aromatic rings. The van der Waals surface area contributed by atoms with Crippen LogP contribution in [0.4, 0.5) is 5.69 Å². The van der Waals surface area contributed by atoms with Gasteiger partial charge in [0.25, 0.3) is 0 Å². The smallest absolute Gasteiger partial charge is 0.231 e. The standard InChI is InChI=1S/C15H18N2O/c1-11-9-13(12(2)16-11)10-15(18)17(3)14-7-5-4-6-8-14/h4-9,16H,10H2,1-3H3. The predicted molar refractivity (Wildman–Crippen MR) is 73.8 cm³/mol. The number of H-pyrrole nitrogens is 1. The van der Waals surface area contributed by atoms with Crippen molar-refractivity contribution in [1.82, 2.24) is 4.98 Å². The van der Waals surface area contributed by atoms with Crippen molar-refractivity contribution in [2.24, 2.45) is 0 Å². The van der Waals surface area contributed by atoms with Crippen molar-refractivity contribution >= 4 is 11.6 Å². The zero-order valence-corrected chi connectivity index (χ0v) is 11.0. The molecule has 0 bridgehead atoms. The lowest BCUT2D eigenvalue weighted by Gasteiger charge is -2.17. The Labute approximate surface area is 107 Å². The van der Waals surface area contributed by atoms with E-state index in [2.05, 4.69) is 4.98 Å². The molecule has 0 aliphatic heterocycles. The van der Waals surface area contributed by atoms with Crippen LogP contribution in [0.3, 0.4) is 0 Å². The molecule has 0 aliphatic carbocycles. The molecule has 0 fully saturated rings. The number of para-hydroxylation sites is 1. The number of rotatable bonds is 3. The Morgan fingerprint density at radius 2 is 1.89 bits per heavy atom. The third-order valence-corrected chi connectivity index (χ3v) is 3.12. The number of hydrogen-bond donors (Lipinski definition) is 1. The molecule has 18 heavy (non-hydrogen) atoms. The van der Waals surface area contributed by atoms with Crippen LogP contribution in [0.25, 0.3) is 0 Å². The van der Waals surface area contributed by atoms with E-state index < -0.39 is 0 Å². The second kappa shape index (κ2) is 5.08. The van der Waals surface area contributed by atoms with E-state index in [1.165, 1.54) is 0 Å². The summed E-state index contributed by atoms with van der Waals surface area (Å²) >= 11 is 0. The first kappa shape index (κ1) is 12.4. The molecule has 3 heteroatoms. The molecule has 0 aliphatic rings. The lowest BCUT2D eigenvalue weighted by Crippen LogP contribution is -2.27. The van der Waals surface area contributed by atoms with Gasteiger partial charge in [-0.15, -0.1) is 0 Å². The Balaban J connectivity index is 2.11. The van der Waals surface area contributed by atoms with Crippen molar-refractivity contribution < 1.29 is 4.79 Å². The molecule has 3 nitrogen and oxygen atoms in total. The fourth-order valence-corrected chi connectivity index (χ4v) is 2.04. The van der Waals surface area contributed by atoms with Crippen molar-refractivity contribution in [2.75, 3.05) is 11.9 Å². The monoisotopic (exact) mass is 242 g/mol. The van der Waals surface area contributed by atoms with Crippen molar-refractivity contribution in [1.29, 1.82) is 0 Å². The van der Waals surface area contributed by atoms with Gasteiger partial charge in [-0.2, -0.15) is 0 Å².